The number of hydrogen-bond donors (Lipinski definition) is 2. The van der Waals surface area contributed by atoms with Crippen LogP contribution in [0.5, 0.6) is 0 Å². The topological polar surface area (TPSA) is 73.0 Å². The third-order valence-electron chi connectivity index (χ3n) is 6.39. The van der Waals surface area contributed by atoms with Gasteiger partial charge < -0.3 is 10.3 Å². The molecule has 4 aromatic rings. The van der Waals surface area contributed by atoms with Crippen LogP contribution < -0.4 is 5.32 Å². The molecular weight excluding hydrogens is 446 g/mol. The highest BCUT2D eigenvalue weighted by Gasteiger charge is 2.18. The second kappa shape index (κ2) is 10.2. The molecule has 1 aromatic carbocycles. The van der Waals surface area contributed by atoms with Crippen molar-refractivity contribution in [2.75, 3.05) is 32.8 Å². The molecule has 0 amide bonds. The summed E-state index contributed by atoms with van der Waals surface area (Å²) in [7, 11) is 0. The highest BCUT2D eigenvalue weighted by molar-refractivity contribution is 6.30. The minimum atomic E-state index is 0.624. The molecule has 7 nitrogen and oxygen atoms in total. The zero-order chi connectivity index (χ0) is 23.5. The predicted octanol–water partition coefficient (Wildman–Crippen LogP) is 4.41. The van der Waals surface area contributed by atoms with Crippen LogP contribution in [-0.4, -0.2) is 68.6 Å². The molecule has 8 heteroatoms. The highest BCUT2D eigenvalue weighted by atomic mass is 35.5. The molecule has 3 aromatic heterocycles. The van der Waals surface area contributed by atoms with Crippen LogP contribution in [0, 0.1) is 0 Å². The first-order valence-corrected chi connectivity index (χ1v) is 12.2. The van der Waals surface area contributed by atoms with Crippen molar-refractivity contribution in [3.63, 3.8) is 0 Å². The summed E-state index contributed by atoms with van der Waals surface area (Å²) in [4.78, 5) is 22.3. The second-order valence-electron chi connectivity index (χ2n) is 9.05. The Balaban J connectivity index is 1.28. The summed E-state index contributed by atoms with van der Waals surface area (Å²) in [5.41, 5.74) is 6.34. The van der Waals surface area contributed by atoms with Gasteiger partial charge in [0, 0.05) is 62.2 Å². The van der Waals surface area contributed by atoms with Crippen LogP contribution in [0.2, 0.25) is 5.02 Å². The zero-order valence-electron chi connectivity index (χ0n) is 19.6. The van der Waals surface area contributed by atoms with Gasteiger partial charge in [0.25, 0.3) is 0 Å². The number of aromatic amines is 1. The van der Waals surface area contributed by atoms with Crippen molar-refractivity contribution in [2.45, 2.75) is 26.4 Å². The second-order valence-corrected chi connectivity index (χ2v) is 9.48. The van der Waals surface area contributed by atoms with Gasteiger partial charge in [-0.05, 0) is 49.7 Å². The van der Waals surface area contributed by atoms with Gasteiger partial charge >= 0.3 is 0 Å². The van der Waals surface area contributed by atoms with Gasteiger partial charge in [0.15, 0.2) is 0 Å². The number of imidazole rings is 1. The molecule has 176 valence electrons. The lowest BCUT2D eigenvalue weighted by Crippen LogP contribution is -2.50. The average molecular weight is 476 g/mol. The normalized spacial score (nSPS) is 15.4. The molecular formula is C26H30ClN7. The van der Waals surface area contributed by atoms with Crippen LogP contribution in [-0.2, 0) is 6.54 Å². The Kier molecular flexibility index (Phi) is 6.87. The molecule has 1 aliphatic rings. The quantitative estimate of drug-likeness (QED) is 0.412. The van der Waals surface area contributed by atoms with Crippen LogP contribution in [0.1, 0.15) is 19.4 Å². The summed E-state index contributed by atoms with van der Waals surface area (Å²) < 4.78 is 0. The van der Waals surface area contributed by atoms with Crippen LogP contribution >= 0.6 is 11.6 Å². The number of benzene rings is 1. The van der Waals surface area contributed by atoms with Crippen molar-refractivity contribution in [1.29, 1.82) is 0 Å². The lowest BCUT2D eigenvalue weighted by molar-refractivity contribution is 0.102. The van der Waals surface area contributed by atoms with Crippen molar-refractivity contribution in [3.05, 3.63) is 65.6 Å². The smallest absolute Gasteiger partial charge is 0.114 e. The molecule has 0 spiro atoms. The number of halogens is 1. The van der Waals surface area contributed by atoms with E-state index in [-0.39, 0.29) is 0 Å². The number of piperazine rings is 1. The van der Waals surface area contributed by atoms with Crippen LogP contribution in [0.3, 0.4) is 0 Å². The minimum absolute atomic E-state index is 0.624. The van der Waals surface area contributed by atoms with Gasteiger partial charge in [-0.3, -0.25) is 14.8 Å². The molecule has 0 saturated carbocycles. The van der Waals surface area contributed by atoms with E-state index in [0.29, 0.717) is 11.1 Å². The SMILES string of the molecule is CC(C)N1CCN(CNCc2cnc3ccc(-c4nc[nH]c4-c4cccc(Cl)c4)nc3c2)CC1. The molecule has 2 N–H and O–H groups in total. The summed E-state index contributed by atoms with van der Waals surface area (Å²) in [6, 6.07) is 14.4. The van der Waals surface area contributed by atoms with E-state index in [1.807, 2.05) is 42.6 Å². The van der Waals surface area contributed by atoms with Gasteiger partial charge in [-0.2, -0.15) is 0 Å². The third kappa shape index (κ3) is 5.13. The number of pyridine rings is 2. The number of nitrogens with one attached hydrogen (secondary N) is 2. The summed E-state index contributed by atoms with van der Waals surface area (Å²) in [6.07, 6.45) is 3.62. The summed E-state index contributed by atoms with van der Waals surface area (Å²) in [6.45, 7) is 10.6. The van der Waals surface area contributed by atoms with Crippen LogP contribution in [0.15, 0.2) is 55.0 Å². The fourth-order valence-corrected chi connectivity index (χ4v) is 4.62. The standard InChI is InChI=1S/C26H30ClN7/c1-18(2)34-10-8-33(9-11-34)17-28-14-19-12-24-22(29-15-19)6-7-23(32-24)26-25(30-16-31-26)20-4-3-5-21(27)13-20/h3-7,12-13,15-16,18,28H,8-11,14,17H2,1-2H3,(H,30,31). The molecule has 1 fully saturated rings. The average Bonchev–Trinajstić information content (AvgIpc) is 3.34. The molecule has 1 aliphatic heterocycles. The molecule has 34 heavy (non-hydrogen) atoms. The third-order valence-corrected chi connectivity index (χ3v) is 6.63. The highest BCUT2D eigenvalue weighted by Crippen LogP contribution is 2.30. The number of hydrogen-bond acceptors (Lipinski definition) is 6. The van der Waals surface area contributed by atoms with Crippen molar-refractivity contribution in [3.8, 4) is 22.6 Å². The van der Waals surface area contributed by atoms with Gasteiger partial charge in [0.1, 0.15) is 5.69 Å². The molecule has 0 unspecified atom stereocenters. The van der Waals surface area contributed by atoms with Crippen LogP contribution in [0.4, 0.5) is 0 Å². The van der Waals surface area contributed by atoms with E-state index < -0.39 is 0 Å². The van der Waals surface area contributed by atoms with E-state index in [0.717, 1.165) is 78.6 Å². The van der Waals surface area contributed by atoms with E-state index in [1.54, 1.807) is 6.33 Å². The first-order chi connectivity index (χ1) is 16.6. The molecule has 5 rings (SSSR count). The van der Waals surface area contributed by atoms with Crippen molar-refractivity contribution < 1.29 is 0 Å². The molecule has 0 radical (unpaired) electrons. The summed E-state index contributed by atoms with van der Waals surface area (Å²) in [5.74, 6) is 0. The van der Waals surface area contributed by atoms with E-state index >= 15 is 0 Å². The first-order valence-electron chi connectivity index (χ1n) is 11.8. The number of fused-ring (bicyclic) bond motifs is 1. The molecule has 0 aliphatic carbocycles. The number of aromatic nitrogens is 4. The Bertz CT molecular complexity index is 1260. The molecule has 0 atom stereocenters. The van der Waals surface area contributed by atoms with E-state index in [4.69, 9.17) is 16.6 Å². The van der Waals surface area contributed by atoms with Crippen molar-refractivity contribution in [1.82, 2.24) is 35.1 Å². The predicted molar refractivity (Wildman–Crippen MR) is 138 cm³/mol. The van der Waals surface area contributed by atoms with Gasteiger partial charge in [-0.15, -0.1) is 0 Å². The maximum absolute atomic E-state index is 6.20. The fraction of sp³-hybridized carbons (Fsp3) is 0.346. The number of H-pyrrole nitrogens is 1. The Morgan fingerprint density at radius 3 is 2.68 bits per heavy atom. The maximum Gasteiger partial charge on any atom is 0.114 e. The van der Waals surface area contributed by atoms with E-state index in [1.165, 1.54) is 0 Å². The van der Waals surface area contributed by atoms with Gasteiger partial charge in [0.2, 0.25) is 0 Å². The Morgan fingerprint density at radius 1 is 1.03 bits per heavy atom. The lowest BCUT2D eigenvalue weighted by atomic mass is 10.1. The minimum Gasteiger partial charge on any atom is -0.344 e. The van der Waals surface area contributed by atoms with Crippen molar-refractivity contribution in [2.24, 2.45) is 0 Å². The number of rotatable bonds is 7. The van der Waals surface area contributed by atoms with Crippen LogP contribution in [0.25, 0.3) is 33.7 Å². The van der Waals surface area contributed by atoms with Gasteiger partial charge in [-0.25, -0.2) is 9.97 Å². The lowest BCUT2D eigenvalue weighted by Gasteiger charge is -2.36. The first kappa shape index (κ1) is 22.9. The fourth-order valence-electron chi connectivity index (χ4n) is 4.43. The molecule has 4 heterocycles. The monoisotopic (exact) mass is 475 g/mol. The van der Waals surface area contributed by atoms with Gasteiger partial charge in [0.05, 0.1) is 28.7 Å². The Morgan fingerprint density at radius 2 is 1.88 bits per heavy atom. The molecule has 0 bridgehead atoms. The Labute approximate surface area is 205 Å². The van der Waals surface area contributed by atoms with Gasteiger partial charge in [-0.1, -0.05) is 23.7 Å². The largest absolute Gasteiger partial charge is 0.344 e. The molecule has 1 saturated heterocycles. The van der Waals surface area contributed by atoms with E-state index in [9.17, 15) is 0 Å². The maximum atomic E-state index is 6.20. The zero-order valence-corrected chi connectivity index (χ0v) is 20.4. The summed E-state index contributed by atoms with van der Waals surface area (Å²) in [5, 5.41) is 4.26. The van der Waals surface area contributed by atoms with Crippen molar-refractivity contribution >= 4 is 22.6 Å². The summed E-state index contributed by atoms with van der Waals surface area (Å²) >= 11 is 6.20. The number of nitrogens with zero attached hydrogens (tertiary/aromatic N) is 5. The van der Waals surface area contributed by atoms with E-state index in [2.05, 4.69) is 50.0 Å². The Hall–Kier alpha value is -2.84.